The van der Waals surface area contributed by atoms with Gasteiger partial charge in [-0.3, -0.25) is 14.6 Å². The molecule has 3 N–H and O–H groups in total. The second-order valence-corrected chi connectivity index (χ2v) is 5.45. The fraction of sp³-hybridized carbons (Fsp3) is 0.278. The second-order valence-electron chi connectivity index (χ2n) is 5.45. The number of pyridine rings is 1. The van der Waals surface area contributed by atoms with E-state index in [4.69, 9.17) is 4.74 Å². The molecule has 2 amide bonds. The molecule has 0 aliphatic carbocycles. The third-order valence-electron chi connectivity index (χ3n) is 3.31. The van der Waals surface area contributed by atoms with Gasteiger partial charge in [-0.05, 0) is 36.8 Å². The summed E-state index contributed by atoms with van der Waals surface area (Å²) < 4.78 is 4.95. The van der Waals surface area contributed by atoms with Crippen LogP contribution in [0.3, 0.4) is 0 Å². The Bertz CT molecular complexity index is 717. The maximum atomic E-state index is 12.1. The summed E-state index contributed by atoms with van der Waals surface area (Å²) in [7, 11) is 1.63. The van der Waals surface area contributed by atoms with Crippen LogP contribution < -0.4 is 16.0 Å². The van der Waals surface area contributed by atoms with Crippen molar-refractivity contribution < 1.29 is 14.3 Å². The van der Waals surface area contributed by atoms with Crippen molar-refractivity contribution in [1.82, 2.24) is 10.3 Å². The van der Waals surface area contributed by atoms with Gasteiger partial charge in [0.25, 0.3) is 5.91 Å². The quantitative estimate of drug-likeness (QED) is 0.641. The molecule has 2 rings (SSSR count). The summed E-state index contributed by atoms with van der Waals surface area (Å²) in [5, 5.41) is 8.71. The number of rotatable bonds is 8. The van der Waals surface area contributed by atoms with Gasteiger partial charge in [-0.15, -0.1) is 0 Å². The van der Waals surface area contributed by atoms with E-state index in [1.54, 1.807) is 31.5 Å². The molecule has 0 aliphatic heterocycles. The summed E-state index contributed by atoms with van der Waals surface area (Å²) >= 11 is 0. The molecule has 0 spiro atoms. The van der Waals surface area contributed by atoms with Crippen molar-refractivity contribution in [2.24, 2.45) is 0 Å². The molecular formula is C18H22N4O3. The zero-order valence-corrected chi connectivity index (χ0v) is 14.3. The molecule has 25 heavy (non-hydrogen) atoms. The minimum Gasteiger partial charge on any atom is -0.385 e. The van der Waals surface area contributed by atoms with Crippen LogP contribution in [0.5, 0.6) is 0 Å². The average Bonchev–Trinajstić information content (AvgIpc) is 2.60. The maximum Gasteiger partial charge on any atom is 0.252 e. The molecule has 0 atom stereocenters. The lowest BCUT2D eigenvalue weighted by molar-refractivity contribution is -0.114. The number of benzene rings is 1. The van der Waals surface area contributed by atoms with Gasteiger partial charge in [0.05, 0.1) is 17.4 Å². The number of hydrogen-bond donors (Lipinski definition) is 3. The standard InChI is InChI=1S/C18H22N4O3/c1-13(23)21-15-4-6-16(7-5-15)22-17-10-14(11-19-12-17)18(24)20-8-3-9-25-2/h4-7,10-12,22H,3,8-9H2,1-2H3,(H,20,24)(H,21,23). The number of amides is 2. The summed E-state index contributed by atoms with van der Waals surface area (Å²) in [6, 6.07) is 9.00. The number of anilines is 3. The normalized spacial score (nSPS) is 10.2. The van der Waals surface area contributed by atoms with Gasteiger partial charge < -0.3 is 20.7 Å². The molecule has 132 valence electrons. The van der Waals surface area contributed by atoms with E-state index < -0.39 is 0 Å². The Morgan fingerprint density at radius 3 is 2.48 bits per heavy atom. The first-order valence-electron chi connectivity index (χ1n) is 7.95. The molecule has 0 unspecified atom stereocenters. The SMILES string of the molecule is COCCCNC(=O)c1cncc(Nc2ccc(NC(C)=O)cc2)c1. The van der Waals surface area contributed by atoms with Crippen LogP contribution in [-0.4, -0.2) is 37.1 Å². The van der Waals surface area contributed by atoms with Gasteiger partial charge in [-0.25, -0.2) is 0 Å². The molecular weight excluding hydrogens is 320 g/mol. The molecule has 7 nitrogen and oxygen atoms in total. The maximum absolute atomic E-state index is 12.1. The van der Waals surface area contributed by atoms with Crippen LogP contribution in [0.2, 0.25) is 0 Å². The molecule has 0 fully saturated rings. The van der Waals surface area contributed by atoms with Crippen molar-refractivity contribution in [3.05, 3.63) is 48.3 Å². The fourth-order valence-corrected chi connectivity index (χ4v) is 2.16. The number of methoxy groups -OCH3 is 1. The number of carbonyl (C=O) groups excluding carboxylic acids is 2. The van der Waals surface area contributed by atoms with Gasteiger partial charge in [0.2, 0.25) is 5.91 Å². The minimum absolute atomic E-state index is 0.117. The molecule has 0 saturated carbocycles. The van der Waals surface area contributed by atoms with Crippen molar-refractivity contribution in [2.75, 3.05) is 30.9 Å². The van der Waals surface area contributed by atoms with Gasteiger partial charge >= 0.3 is 0 Å². The van der Waals surface area contributed by atoms with E-state index >= 15 is 0 Å². The van der Waals surface area contributed by atoms with Crippen molar-refractivity contribution in [1.29, 1.82) is 0 Å². The largest absolute Gasteiger partial charge is 0.385 e. The Morgan fingerprint density at radius 2 is 1.80 bits per heavy atom. The first-order chi connectivity index (χ1) is 12.1. The van der Waals surface area contributed by atoms with Crippen molar-refractivity contribution >= 4 is 28.9 Å². The van der Waals surface area contributed by atoms with Crippen LogP contribution in [0, 0.1) is 0 Å². The van der Waals surface area contributed by atoms with Gasteiger partial charge in [0.1, 0.15) is 0 Å². The number of nitrogens with one attached hydrogen (secondary N) is 3. The third kappa shape index (κ3) is 6.23. The highest BCUT2D eigenvalue weighted by Crippen LogP contribution is 2.19. The van der Waals surface area contributed by atoms with E-state index in [2.05, 4.69) is 20.9 Å². The summed E-state index contributed by atoms with van der Waals surface area (Å²) in [5.74, 6) is -0.289. The number of carbonyl (C=O) groups is 2. The van der Waals surface area contributed by atoms with E-state index in [0.29, 0.717) is 24.4 Å². The highest BCUT2D eigenvalue weighted by Gasteiger charge is 2.07. The topological polar surface area (TPSA) is 92.3 Å². The average molecular weight is 342 g/mol. The van der Waals surface area contributed by atoms with E-state index in [1.165, 1.54) is 13.1 Å². The van der Waals surface area contributed by atoms with Gasteiger partial charge in [0, 0.05) is 44.8 Å². The zero-order valence-electron chi connectivity index (χ0n) is 14.3. The fourth-order valence-electron chi connectivity index (χ4n) is 2.16. The van der Waals surface area contributed by atoms with E-state index in [1.807, 2.05) is 12.1 Å². The van der Waals surface area contributed by atoms with Crippen LogP contribution in [0.1, 0.15) is 23.7 Å². The summed E-state index contributed by atoms with van der Waals surface area (Å²) in [6.07, 6.45) is 3.93. The van der Waals surface area contributed by atoms with Crippen molar-refractivity contribution in [2.45, 2.75) is 13.3 Å². The van der Waals surface area contributed by atoms with Crippen LogP contribution in [-0.2, 0) is 9.53 Å². The molecule has 2 aromatic rings. The third-order valence-corrected chi connectivity index (χ3v) is 3.31. The Morgan fingerprint density at radius 1 is 1.08 bits per heavy atom. The van der Waals surface area contributed by atoms with Crippen LogP contribution in [0.25, 0.3) is 0 Å². The molecule has 0 aliphatic rings. The monoisotopic (exact) mass is 342 g/mol. The number of hydrogen-bond acceptors (Lipinski definition) is 5. The molecule has 1 aromatic heterocycles. The lowest BCUT2D eigenvalue weighted by atomic mass is 10.2. The first kappa shape index (κ1) is 18.4. The van der Waals surface area contributed by atoms with E-state index in [9.17, 15) is 9.59 Å². The Labute approximate surface area is 146 Å². The van der Waals surface area contributed by atoms with Gasteiger partial charge in [0.15, 0.2) is 0 Å². The van der Waals surface area contributed by atoms with E-state index in [0.717, 1.165) is 17.8 Å². The highest BCUT2D eigenvalue weighted by atomic mass is 16.5. The predicted octanol–water partition coefficient (Wildman–Crippen LogP) is 2.55. The lowest BCUT2D eigenvalue weighted by Gasteiger charge is -2.09. The van der Waals surface area contributed by atoms with Crippen LogP contribution in [0.15, 0.2) is 42.7 Å². The predicted molar refractivity (Wildman–Crippen MR) is 97.1 cm³/mol. The molecule has 0 saturated heterocycles. The molecule has 0 bridgehead atoms. The van der Waals surface area contributed by atoms with Gasteiger partial charge in [-0.1, -0.05) is 0 Å². The molecule has 1 heterocycles. The lowest BCUT2D eigenvalue weighted by Crippen LogP contribution is -2.25. The summed E-state index contributed by atoms with van der Waals surface area (Å²) in [6.45, 7) is 2.62. The number of nitrogens with zero attached hydrogens (tertiary/aromatic N) is 1. The van der Waals surface area contributed by atoms with Gasteiger partial charge in [-0.2, -0.15) is 0 Å². The van der Waals surface area contributed by atoms with Crippen molar-refractivity contribution in [3.63, 3.8) is 0 Å². The minimum atomic E-state index is -0.173. The Balaban J connectivity index is 1.96. The second kappa shape index (κ2) is 9.39. The zero-order chi connectivity index (χ0) is 18.1. The van der Waals surface area contributed by atoms with Crippen LogP contribution in [0.4, 0.5) is 17.1 Å². The van der Waals surface area contributed by atoms with E-state index in [-0.39, 0.29) is 11.8 Å². The molecule has 7 heteroatoms. The Kier molecular flexibility index (Phi) is 6.91. The molecule has 1 aromatic carbocycles. The number of aromatic nitrogens is 1. The molecule has 0 radical (unpaired) electrons. The highest BCUT2D eigenvalue weighted by molar-refractivity contribution is 5.94. The summed E-state index contributed by atoms with van der Waals surface area (Å²) in [5.41, 5.74) is 2.74. The van der Waals surface area contributed by atoms with Crippen molar-refractivity contribution in [3.8, 4) is 0 Å². The Hall–Kier alpha value is -2.93. The van der Waals surface area contributed by atoms with Crippen LogP contribution >= 0.6 is 0 Å². The summed E-state index contributed by atoms with van der Waals surface area (Å²) in [4.78, 5) is 27.2. The number of ether oxygens (including phenoxy) is 1. The smallest absolute Gasteiger partial charge is 0.252 e. The first-order valence-corrected chi connectivity index (χ1v) is 7.95.